The summed E-state index contributed by atoms with van der Waals surface area (Å²) in [5.41, 5.74) is 1.93. The second-order valence-electron chi connectivity index (χ2n) is 7.07. The minimum absolute atomic E-state index is 0.582. The van der Waals surface area contributed by atoms with Gasteiger partial charge in [-0.05, 0) is 55.1 Å². The normalized spacial score (nSPS) is 26.9. The maximum absolute atomic E-state index is 11.1. The molecule has 1 aromatic rings. The van der Waals surface area contributed by atoms with Gasteiger partial charge in [0.05, 0.1) is 5.60 Å². The predicted molar refractivity (Wildman–Crippen MR) is 85.7 cm³/mol. The van der Waals surface area contributed by atoms with Gasteiger partial charge in [0, 0.05) is 0 Å². The van der Waals surface area contributed by atoms with Gasteiger partial charge in [0.1, 0.15) is 0 Å². The summed E-state index contributed by atoms with van der Waals surface area (Å²) in [4.78, 5) is 0. The standard InChI is InChI=1S/C19H30O/c1-4-7-16-8-5-10-18(13-16)19(20)11-6-9-17(14-19)12-15(2)3/h5,8,10,13,15,17,20H,4,6-7,9,11-12,14H2,1-3H3. The van der Waals surface area contributed by atoms with E-state index in [2.05, 4.69) is 45.0 Å². The van der Waals surface area contributed by atoms with Gasteiger partial charge in [-0.15, -0.1) is 0 Å². The van der Waals surface area contributed by atoms with Crippen LogP contribution in [0.15, 0.2) is 24.3 Å². The Morgan fingerprint density at radius 2 is 2.15 bits per heavy atom. The van der Waals surface area contributed by atoms with Crippen molar-refractivity contribution in [2.75, 3.05) is 0 Å². The Labute approximate surface area is 124 Å². The van der Waals surface area contributed by atoms with Crippen molar-refractivity contribution < 1.29 is 5.11 Å². The van der Waals surface area contributed by atoms with Gasteiger partial charge < -0.3 is 5.11 Å². The minimum atomic E-state index is -0.582. The van der Waals surface area contributed by atoms with E-state index in [0.717, 1.165) is 43.6 Å². The third kappa shape index (κ3) is 3.85. The van der Waals surface area contributed by atoms with Crippen molar-refractivity contribution in [3.63, 3.8) is 0 Å². The van der Waals surface area contributed by atoms with Crippen LogP contribution in [0.1, 0.15) is 70.4 Å². The van der Waals surface area contributed by atoms with Crippen LogP contribution >= 0.6 is 0 Å². The SMILES string of the molecule is CCCc1cccc(C2(O)CCCC(CC(C)C)C2)c1. The van der Waals surface area contributed by atoms with E-state index in [1.54, 1.807) is 0 Å². The highest BCUT2D eigenvalue weighted by Gasteiger charge is 2.35. The first kappa shape index (κ1) is 15.6. The molecule has 1 aliphatic rings. The summed E-state index contributed by atoms with van der Waals surface area (Å²) in [5.74, 6) is 1.41. The lowest BCUT2D eigenvalue weighted by Crippen LogP contribution is -2.33. The molecule has 1 heteroatoms. The molecule has 0 spiro atoms. The lowest BCUT2D eigenvalue weighted by molar-refractivity contribution is -0.0245. The van der Waals surface area contributed by atoms with Crippen LogP contribution in [0.4, 0.5) is 0 Å². The minimum Gasteiger partial charge on any atom is -0.385 e. The Morgan fingerprint density at radius 1 is 1.35 bits per heavy atom. The van der Waals surface area contributed by atoms with Gasteiger partial charge in [0.2, 0.25) is 0 Å². The first-order chi connectivity index (χ1) is 9.53. The Kier molecular flexibility index (Phi) is 5.26. The maximum atomic E-state index is 11.1. The van der Waals surface area contributed by atoms with E-state index in [9.17, 15) is 5.11 Å². The molecule has 2 rings (SSSR count). The molecule has 1 N–H and O–H groups in total. The molecule has 0 aliphatic heterocycles. The van der Waals surface area contributed by atoms with Crippen LogP contribution in [0.5, 0.6) is 0 Å². The van der Waals surface area contributed by atoms with Gasteiger partial charge in [-0.25, -0.2) is 0 Å². The number of hydrogen-bond acceptors (Lipinski definition) is 1. The second-order valence-corrected chi connectivity index (χ2v) is 7.07. The third-order valence-electron chi connectivity index (χ3n) is 4.64. The number of hydrogen-bond donors (Lipinski definition) is 1. The zero-order valence-electron chi connectivity index (χ0n) is 13.4. The van der Waals surface area contributed by atoms with Crippen LogP contribution in [-0.4, -0.2) is 5.11 Å². The molecule has 1 nitrogen and oxygen atoms in total. The van der Waals surface area contributed by atoms with Crippen LogP contribution in [-0.2, 0) is 12.0 Å². The quantitative estimate of drug-likeness (QED) is 0.795. The van der Waals surface area contributed by atoms with E-state index in [0.29, 0.717) is 5.92 Å². The second kappa shape index (κ2) is 6.76. The smallest absolute Gasteiger partial charge is 0.0899 e. The van der Waals surface area contributed by atoms with Crippen molar-refractivity contribution in [3.8, 4) is 0 Å². The molecule has 0 amide bonds. The van der Waals surface area contributed by atoms with Gasteiger partial charge >= 0.3 is 0 Å². The lowest BCUT2D eigenvalue weighted by atomic mass is 9.72. The molecular weight excluding hydrogens is 244 g/mol. The number of aryl methyl sites for hydroxylation is 1. The average molecular weight is 274 g/mol. The molecule has 0 radical (unpaired) electrons. The molecule has 2 unspecified atom stereocenters. The van der Waals surface area contributed by atoms with E-state index in [1.165, 1.54) is 18.4 Å². The highest BCUT2D eigenvalue weighted by molar-refractivity contribution is 5.29. The average Bonchev–Trinajstić information content (AvgIpc) is 2.39. The fraction of sp³-hybridized carbons (Fsp3) is 0.684. The summed E-state index contributed by atoms with van der Waals surface area (Å²) in [7, 11) is 0. The number of aliphatic hydroxyl groups is 1. The summed E-state index contributed by atoms with van der Waals surface area (Å²) in [6, 6.07) is 8.66. The number of rotatable bonds is 5. The summed E-state index contributed by atoms with van der Waals surface area (Å²) in [5, 5.41) is 11.1. The first-order valence-electron chi connectivity index (χ1n) is 8.35. The van der Waals surface area contributed by atoms with Crippen LogP contribution in [0.25, 0.3) is 0 Å². The third-order valence-corrected chi connectivity index (χ3v) is 4.64. The Bertz CT molecular complexity index is 424. The van der Waals surface area contributed by atoms with Crippen molar-refractivity contribution in [1.29, 1.82) is 0 Å². The summed E-state index contributed by atoms with van der Waals surface area (Å²) < 4.78 is 0. The van der Waals surface area contributed by atoms with E-state index < -0.39 is 5.60 Å². The Hall–Kier alpha value is -0.820. The summed E-state index contributed by atoms with van der Waals surface area (Å²) in [6.45, 7) is 6.78. The Balaban J connectivity index is 2.14. The van der Waals surface area contributed by atoms with Gasteiger partial charge in [0.25, 0.3) is 0 Å². The molecule has 112 valence electrons. The summed E-state index contributed by atoms with van der Waals surface area (Å²) >= 11 is 0. The Morgan fingerprint density at radius 3 is 2.85 bits per heavy atom. The molecular formula is C19H30O. The molecule has 1 aromatic carbocycles. The van der Waals surface area contributed by atoms with Gasteiger partial charge in [-0.3, -0.25) is 0 Å². The molecule has 20 heavy (non-hydrogen) atoms. The monoisotopic (exact) mass is 274 g/mol. The van der Waals surface area contributed by atoms with E-state index in [4.69, 9.17) is 0 Å². The van der Waals surface area contributed by atoms with Crippen LogP contribution in [0.3, 0.4) is 0 Å². The first-order valence-corrected chi connectivity index (χ1v) is 8.35. The topological polar surface area (TPSA) is 20.2 Å². The van der Waals surface area contributed by atoms with Crippen molar-refractivity contribution in [2.45, 2.75) is 71.3 Å². The fourth-order valence-electron chi connectivity index (χ4n) is 3.80. The van der Waals surface area contributed by atoms with E-state index in [1.807, 2.05) is 0 Å². The van der Waals surface area contributed by atoms with E-state index >= 15 is 0 Å². The van der Waals surface area contributed by atoms with Crippen LogP contribution in [0.2, 0.25) is 0 Å². The van der Waals surface area contributed by atoms with Crippen molar-refractivity contribution in [3.05, 3.63) is 35.4 Å². The predicted octanol–water partition coefficient (Wildman–Crippen LogP) is 5.06. The zero-order valence-corrected chi connectivity index (χ0v) is 13.4. The maximum Gasteiger partial charge on any atom is 0.0899 e. The molecule has 2 atom stereocenters. The van der Waals surface area contributed by atoms with Crippen LogP contribution < -0.4 is 0 Å². The van der Waals surface area contributed by atoms with Crippen molar-refractivity contribution in [2.24, 2.45) is 11.8 Å². The number of benzene rings is 1. The van der Waals surface area contributed by atoms with Crippen molar-refractivity contribution in [1.82, 2.24) is 0 Å². The van der Waals surface area contributed by atoms with Gasteiger partial charge in [0.15, 0.2) is 0 Å². The molecule has 0 aromatic heterocycles. The fourth-order valence-corrected chi connectivity index (χ4v) is 3.80. The highest BCUT2D eigenvalue weighted by Crippen LogP contribution is 2.42. The van der Waals surface area contributed by atoms with E-state index in [-0.39, 0.29) is 0 Å². The molecule has 1 saturated carbocycles. The highest BCUT2D eigenvalue weighted by atomic mass is 16.3. The molecule has 0 saturated heterocycles. The van der Waals surface area contributed by atoms with Gasteiger partial charge in [-0.1, -0.05) is 57.9 Å². The van der Waals surface area contributed by atoms with Crippen LogP contribution in [0, 0.1) is 11.8 Å². The molecule has 0 bridgehead atoms. The molecule has 1 aliphatic carbocycles. The van der Waals surface area contributed by atoms with Crippen molar-refractivity contribution >= 4 is 0 Å². The molecule has 0 heterocycles. The van der Waals surface area contributed by atoms with Gasteiger partial charge in [-0.2, -0.15) is 0 Å². The summed E-state index contributed by atoms with van der Waals surface area (Å²) in [6.07, 6.45) is 7.84. The lowest BCUT2D eigenvalue weighted by Gasteiger charge is -2.38. The zero-order chi connectivity index (χ0) is 14.6. The molecule has 1 fully saturated rings. The largest absolute Gasteiger partial charge is 0.385 e.